The smallest absolute Gasteiger partial charge is 0.0875 e. The van der Waals surface area contributed by atoms with Gasteiger partial charge in [0.2, 0.25) is 0 Å². The summed E-state index contributed by atoms with van der Waals surface area (Å²) in [6.45, 7) is 4.12. The molecular formula is C10H15N3. The molecule has 0 saturated heterocycles. The Morgan fingerprint density at radius 3 is 2.62 bits per heavy atom. The third kappa shape index (κ3) is 2.78. The molecule has 0 fully saturated rings. The number of nitrogens with zero attached hydrogens (tertiary/aromatic N) is 1. The zero-order valence-corrected chi connectivity index (χ0v) is 7.99. The van der Waals surface area contributed by atoms with Crippen LogP contribution in [-0.2, 0) is 0 Å². The van der Waals surface area contributed by atoms with Gasteiger partial charge in [-0.3, -0.25) is 4.99 Å². The molecule has 0 radical (unpaired) electrons. The summed E-state index contributed by atoms with van der Waals surface area (Å²) in [5, 5.41) is 0. The van der Waals surface area contributed by atoms with Gasteiger partial charge in [0, 0.05) is 11.9 Å². The number of hydrogen-bond donors (Lipinski definition) is 2. The van der Waals surface area contributed by atoms with Gasteiger partial charge in [0.1, 0.15) is 0 Å². The SMILES string of the molecule is CC(C)/C=N/c1cc(N)ccc1N. The molecule has 4 N–H and O–H groups in total. The van der Waals surface area contributed by atoms with Crippen LogP contribution in [0.5, 0.6) is 0 Å². The second-order valence-corrected chi connectivity index (χ2v) is 3.34. The quantitative estimate of drug-likeness (QED) is 0.537. The molecule has 0 amide bonds. The van der Waals surface area contributed by atoms with Crippen LogP contribution in [0.4, 0.5) is 17.1 Å². The Bertz CT molecular complexity index is 316. The molecule has 3 heteroatoms. The van der Waals surface area contributed by atoms with Crippen LogP contribution in [0.25, 0.3) is 0 Å². The third-order valence-corrected chi connectivity index (χ3v) is 1.57. The molecule has 0 aliphatic heterocycles. The molecule has 0 aliphatic carbocycles. The first-order valence-corrected chi connectivity index (χ1v) is 4.29. The lowest BCUT2D eigenvalue weighted by atomic mass is 10.2. The monoisotopic (exact) mass is 177 g/mol. The van der Waals surface area contributed by atoms with Crippen LogP contribution in [0.15, 0.2) is 23.2 Å². The minimum Gasteiger partial charge on any atom is -0.399 e. The lowest BCUT2D eigenvalue weighted by molar-refractivity contribution is 0.907. The van der Waals surface area contributed by atoms with Gasteiger partial charge in [0.05, 0.1) is 11.4 Å². The van der Waals surface area contributed by atoms with Crippen molar-refractivity contribution in [2.75, 3.05) is 11.5 Å². The first-order chi connectivity index (χ1) is 6.09. The Morgan fingerprint density at radius 2 is 2.00 bits per heavy atom. The average Bonchev–Trinajstić information content (AvgIpc) is 2.06. The van der Waals surface area contributed by atoms with Gasteiger partial charge in [-0.1, -0.05) is 13.8 Å². The second-order valence-electron chi connectivity index (χ2n) is 3.34. The number of nitrogens with two attached hydrogens (primary N) is 2. The van der Waals surface area contributed by atoms with Crippen molar-refractivity contribution in [3.05, 3.63) is 18.2 Å². The van der Waals surface area contributed by atoms with Crippen molar-refractivity contribution in [1.82, 2.24) is 0 Å². The van der Waals surface area contributed by atoms with Crippen LogP contribution in [0.3, 0.4) is 0 Å². The summed E-state index contributed by atoms with van der Waals surface area (Å²) in [4.78, 5) is 4.24. The van der Waals surface area contributed by atoms with E-state index >= 15 is 0 Å². The van der Waals surface area contributed by atoms with Crippen molar-refractivity contribution in [2.24, 2.45) is 10.9 Å². The molecule has 0 aliphatic rings. The zero-order chi connectivity index (χ0) is 9.84. The van der Waals surface area contributed by atoms with Crippen molar-refractivity contribution in [1.29, 1.82) is 0 Å². The summed E-state index contributed by atoms with van der Waals surface area (Å²) in [7, 11) is 0. The molecule has 0 aromatic heterocycles. The summed E-state index contributed by atoms with van der Waals surface area (Å²) in [5.74, 6) is 0.417. The van der Waals surface area contributed by atoms with E-state index in [4.69, 9.17) is 11.5 Å². The van der Waals surface area contributed by atoms with Crippen LogP contribution in [-0.4, -0.2) is 6.21 Å². The Kier molecular flexibility index (Phi) is 2.90. The predicted molar refractivity (Wildman–Crippen MR) is 58.3 cm³/mol. The van der Waals surface area contributed by atoms with Crippen LogP contribution in [0, 0.1) is 5.92 Å². The van der Waals surface area contributed by atoms with Crippen LogP contribution < -0.4 is 11.5 Å². The summed E-state index contributed by atoms with van der Waals surface area (Å²) < 4.78 is 0. The maximum Gasteiger partial charge on any atom is 0.0875 e. The first-order valence-electron chi connectivity index (χ1n) is 4.29. The fraction of sp³-hybridized carbons (Fsp3) is 0.300. The Morgan fingerprint density at radius 1 is 1.31 bits per heavy atom. The van der Waals surface area contributed by atoms with Gasteiger partial charge in [-0.05, 0) is 24.1 Å². The lowest BCUT2D eigenvalue weighted by Crippen LogP contribution is -1.91. The maximum absolute atomic E-state index is 5.71. The molecule has 70 valence electrons. The highest BCUT2D eigenvalue weighted by Crippen LogP contribution is 2.24. The van der Waals surface area contributed by atoms with E-state index in [1.807, 2.05) is 6.21 Å². The Labute approximate surface area is 78.5 Å². The molecule has 0 unspecified atom stereocenters. The molecule has 0 spiro atoms. The number of anilines is 2. The summed E-state index contributed by atoms with van der Waals surface area (Å²) in [5.41, 5.74) is 13.4. The summed E-state index contributed by atoms with van der Waals surface area (Å²) >= 11 is 0. The zero-order valence-electron chi connectivity index (χ0n) is 7.99. The van der Waals surface area contributed by atoms with Crippen molar-refractivity contribution >= 4 is 23.3 Å². The molecule has 1 aromatic rings. The predicted octanol–water partition coefficient (Wildman–Crippen LogP) is 2.21. The summed E-state index contributed by atoms with van der Waals surface area (Å²) in [6, 6.07) is 5.31. The number of rotatable bonds is 2. The number of aliphatic imine (C=N–C) groups is 1. The molecule has 0 bridgehead atoms. The van der Waals surface area contributed by atoms with Crippen LogP contribution in [0.2, 0.25) is 0 Å². The molecule has 3 nitrogen and oxygen atoms in total. The van der Waals surface area contributed by atoms with Crippen molar-refractivity contribution in [3.8, 4) is 0 Å². The van der Waals surface area contributed by atoms with Gasteiger partial charge in [0.25, 0.3) is 0 Å². The number of hydrogen-bond acceptors (Lipinski definition) is 3. The lowest BCUT2D eigenvalue weighted by Gasteiger charge is -2.01. The highest BCUT2D eigenvalue weighted by molar-refractivity contribution is 5.74. The fourth-order valence-corrected chi connectivity index (χ4v) is 0.902. The largest absolute Gasteiger partial charge is 0.399 e. The van der Waals surface area contributed by atoms with E-state index in [2.05, 4.69) is 18.8 Å². The number of benzene rings is 1. The number of nitrogen functional groups attached to an aromatic ring is 2. The minimum absolute atomic E-state index is 0.417. The van der Waals surface area contributed by atoms with Crippen molar-refractivity contribution < 1.29 is 0 Å². The van der Waals surface area contributed by atoms with Crippen molar-refractivity contribution in [2.45, 2.75) is 13.8 Å². The molecule has 0 heterocycles. The summed E-state index contributed by atoms with van der Waals surface area (Å²) in [6.07, 6.45) is 1.85. The highest BCUT2D eigenvalue weighted by atomic mass is 14.8. The molecule has 0 atom stereocenters. The van der Waals surface area contributed by atoms with E-state index < -0.39 is 0 Å². The van der Waals surface area contributed by atoms with E-state index in [1.165, 1.54) is 0 Å². The van der Waals surface area contributed by atoms with E-state index in [-0.39, 0.29) is 0 Å². The molecule has 0 saturated carbocycles. The van der Waals surface area contributed by atoms with E-state index in [1.54, 1.807) is 18.2 Å². The molecule has 1 rings (SSSR count). The van der Waals surface area contributed by atoms with Crippen LogP contribution >= 0.6 is 0 Å². The van der Waals surface area contributed by atoms with E-state index in [0.29, 0.717) is 17.3 Å². The highest BCUT2D eigenvalue weighted by Gasteiger charge is 1.96. The van der Waals surface area contributed by atoms with Gasteiger partial charge in [-0.2, -0.15) is 0 Å². The molecule has 13 heavy (non-hydrogen) atoms. The molecule has 1 aromatic carbocycles. The first kappa shape index (κ1) is 9.58. The Balaban J connectivity index is 2.93. The second kappa shape index (κ2) is 3.94. The van der Waals surface area contributed by atoms with Gasteiger partial charge in [-0.25, -0.2) is 0 Å². The minimum atomic E-state index is 0.417. The van der Waals surface area contributed by atoms with Crippen LogP contribution in [0.1, 0.15) is 13.8 Å². The third-order valence-electron chi connectivity index (χ3n) is 1.57. The van der Waals surface area contributed by atoms with Gasteiger partial charge < -0.3 is 11.5 Å². The average molecular weight is 177 g/mol. The van der Waals surface area contributed by atoms with Crippen molar-refractivity contribution in [3.63, 3.8) is 0 Å². The topological polar surface area (TPSA) is 64.4 Å². The van der Waals surface area contributed by atoms with E-state index in [9.17, 15) is 0 Å². The van der Waals surface area contributed by atoms with Gasteiger partial charge in [0.15, 0.2) is 0 Å². The van der Waals surface area contributed by atoms with E-state index in [0.717, 1.165) is 5.69 Å². The van der Waals surface area contributed by atoms with Gasteiger partial charge >= 0.3 is 0 Å². The standard InChI is InChI=1S/C10H15N3/c1-7(2)6-13-10-5-8(11)3-4-9(10)12/h3-7H,11-12H2,1-2H3/b13-6+. The Hall–Kier alpha value is -1.51. The molecular weight excluding hydrogens is 162 g/mol. The van der Waals surface area contributed by atoms with Gasteiger partial charge in [-0.15, -0.1) is 0 Å². The normalized spacial score (nSPS) is 11.3. The fourth-order valence-electron chi connectivity index (χ4n) is 0.902. The maximum atomic E-state index is 5.71.